The van der Waals surface area contributed by atoms with Crippen molar-refractivity contribution in [2.24, 2.45) is 5.92 Å². The zero-order chi connectivity index (χ0) is 11.3. The molecule has 0 spiro atoms. The van der Waals surface area contributed by atoms with E-state index in [1.165, 1.54) is 18.2 Å². The summed E-state index contributed by atoms with van der Waals surface area (Å²) < 4.78 is 4.65. The first-order chi connectivity index (χ1) is 7.15. The molecule has 1 N–H and O–H groups in total. The van der Waals surface area contributed by atoms with E-state index in [0.29, 0.717) is 6.54 Å². The van der Waals surface area contributed by atoms with Crippen LogP contribution >= 0.6 is 11.3 Å². The Labute approximate surface area is 94.5 Å². The maximum atomic E-state index is 11.1. The van der Waals surface area contributed by atoms with Gasteiger partial charge in [-0.1, -0.05) is 6.92 Å². The van der Waals surface area contributed by atoms with Gasteiger partial charge < -0.3 is 10.1 Å². The number of aryl methyl sites for hydroxylation is 1. The molecule has 0 aromatic carbocycles. The van der Waals surface area contributed by atoms with Crippen LogP contribution in [0.4, 0.5) is 0 Å². The summed E-state index contributed by atoms with van der Waals surface area (Å²) >= 11 is 1.70. The topological polar surface area (TPSA) is 38.3 Å². The number of esters is 1. The standard InChI is InChI=1S/C11H17NO2S/c1-8(11(13)14-3)4-12-5-10-7-15-6-9(10)2/h6-8,12H,4-5H2,1-3H3. The fourth-order valence-corrected chi connectivity index (χ4v) is 2.13. The molecular formula is C11H17NO2S. The second kappa shape index (κ2) is 5.88. The van der Waals surface area contributed by atoms with E-state index in [2.05, 4.69) is 27.7 Å². The van der Waals surface area contributed by atoms with Crippen LogP contribution in [0, 0.1) is 12.8 Å². The molecule has 0 aliphatic heterocycles. The number of thiophene rings is 1. The van der Waals surface area contributed by atoms with Crippen LogP contribution in [0.25, 0.3) is 0 Å². The van der Waals surface area contributed by atoms with E-state index in [0.717, 1.165) is 6.54 Å². The lowest BCUT2D eigenvalue weighted by atomic mass is 10.1. The molecule has 0 bridgehead atoms. The molecule has 84 valence electrons. The molecule has 4 heteroatoms. The molecule has 0 aliphatic carbocycles. The summed E-state index contributed by atoms with van der Waals surface area (Å²) in [7, 11) is 1.42. The van der Waals surface area contributed by atoms with E-state index in [9.17, 15) is 4.79 Å². The lowest BCUT2D eigenvalue weighted by molar-refractivity contribution is -0.144. The van der Waals surface area contributed by atoms with Crippen LogP contribution in [0.2, 0.25) is 0 Å². The van der Waals surface area contributed by atoms with Crippen molar-refractivity contribution in [2.45, 2.75) is 20.4 Å². The Morgan fingerprint density at radius 3 is 2.87 bits per heavy atom. The first-order valence-corrected chi connectivity index (χ1v) is 5.89. The fourth-order valence-electron chi connectivity index (χ4n) is 1.28. The van der Waals surface area contributed by atoms with Gasteiger partial charge >= 0.3 is 5.97 Å². The number of carbonyl (C=O) groups is 1. The highest BCUT2D eigenvalue weighted by atomic mass is 32.1. The van der Waals surface area contributed by atoms with Crippen LogP contribution in [0.5, 0.6) is 0 Å². The van der Waals surface area contributed by atoms with Crippen LogP contribution in [-0.2, 0) is 16.1 Å². The maximum Gasteiger partial charge on any atom is 0.309 e. The predicted octanol–water partition coefficient (Wildman–Crippen LogP) is 1.96. The zero-order valence-corrected chi connectivity index (χ0v) is 10.2. The Hall–Kier alpha value is -0.870. The van der Waals surface area contributed by atoms with Crippen molar-refractivity contribution in [1.29, 1.82) is 0 Å². The van der Waals surface area contributed by atoms with Gasteiger partial charge in [-0.25, -0.2) is 0 Å². The van der Waals surface area contributed by atoms with Crippen LogP contribution < -0.4 is 5.32 Å². The Bertz CT molecular complexity index is 322. The van der Waals surface area contributed by atoms with E-state index in [1.807, 2.05) is 6.92 Å². The first kappa shape index (κ1) is 12.2. The molecule has 0 amide bonds. The quantitative estimate of drug-likeness (QED) is 0.781. The molecule has 0 aliphatic rings. The normalized spacial score (nSPS) is 12.5. The van der Waals surface area contributed by atoms with E-state index in [1.54, 1.807) is 11.3 Å². The van der Waals surface area contributed by atoms with Crippen molar-refractivity contribution in [1.82, 2.24) is 5.32 Å². The molecule has 15 heavy (non-hydrogen) atoms. The number of hydrogen-bond acceptors (Lipinski definition) is 4. The zero-order valence-electron chi connectivity index (χ0n) is 9.37. The van der Waals surface area contributed by atoms with Crippen molar-refractivity contribution in [3.05, 3.63) is 21.9 Å². The van der Waals surface area contributed by atoms with Gasteiger partial charge in [-0.05, 0) is 28.8 Å². The maximum absolute atomic E-state index is 11.1. The monoisotopic (exact) mass is 227 g/mol. The van der Waals surface area contributed by atoms with Crippen molar-refractivity contribution in [3.8, 4) is 0 Å². The van der Waals surface area contributed by atoms with Gasteiger partial charge in [0.05, 0.1) is 13.0 Å². The third-order valence-electron chi connectivity index (χ3n) is 2.33. The Kier molecular flexibility index (Phi) is 4.78. The highest BCUT2D eigenvalue weighted by molar-refractivity contribution is 7.08. The molecule has 1 unspecified atom stereocenters. The van der Waals surface area contributed by atoms with Gasteiger partial charge in [0.2, 0.25) is 0 Å². The Balaban J connectivity index is 2.28. The summed E-state index contributed by atoms with van der Waals surface area (Å²) in [6.07, 6.45) is 0. The second-order valence-corrected chi connectivity index (χ2v) is 4.38. The number of nitrogens with one attached hydrogen (secondary N) is 1. The Morgan fingerprint density at radius 1 is 1.60 bits per heavy atom. The van der Waals surface area contributed by atoms with Crippen molar-refractivity contribution in [3.63, 3.8) is 0 Å². The molecule has 3 nitrogen and oxygen atoms in total. The SMILES string of the molecule is COC(=O)C(C)CNCc1cscc1C. The van der Waals surface area contributed by atoms with Crippen LogP contribution in [0.1, 0.15) is 18.1 Å². The van der Waals surface area contributed by atoms with Crippen molar-refractivity contribution in [2.75, 3.05) is 13.7 Å². The van der Waals surface area contributed by atoms with Gasteiger partial charge in [0.1, 0.15) is 0 Å². The third-order valence-corrected chi connectivity index (χ3v) is 3.24. The van der Waals surface area contributed by atoms with Gasteiger partial charge in [-0.2, -0.15) is 11.3 Å². The highest BCUT2D eigenvalue weighted by Gasteiger charge is 2.12. The van der Waals surface area contributed by atoms with Crippen LogP contribution in [0.3, 0.4) is 0 Å². The lowest BCUT2D eigenvalue weighted by Gasteiger charge is -2.10. The van der Waals surface area contributed by atoms with Gasteiger partial charge in [0.25, 0.3) is 0 Å². The summed E-state index contributed by atoms with van der Waals surface area (Å²) in [5, 5.41) is 7.51. The van der Waals surface area contributed by atoms with Crippen molar-refractivity contribution < 1.29 is 9.53 Å². The minimum Gasteiger partial charge on any atom is -0.469 e. The van der Waals surface area contributed by atoms with Crippen molar-refractivity contribution >= 4 is 17.3 Å². The smallest absolute Gasteiger partial charge is 0.309 e. The molecule has 0 saturated heterocycles. The fraction of sp³-hybridized carbons (Fsp3) is 0.545. The van der Waals surface area contributed by atoms with Gasteiger partial charge in [-0.15, -0.1) is 0 Å². The van der Waals surface area contributed by atoms with Gasteiger partial charge in [-0.3, -0.25) is 4.79 Å². The number of carbonyl (C=O) groups excluding carboxylic acids is 1. The summed E-state index contributed by atoms with van der Waals surface area (Å²) in [5.41, 5.74) is 2.61. The van der Waals surface area contributed by atoms with Crippen LogP contribution in [0.15, 0.2) is 10.8 Å². The predicted molar refractivity (Wildman–Crippen MR) is 61.9 cm³/mol. The largest absolute Gasteiger partial charge is 0.469 e. The van der Waals surface area contributed by atoms with E-state index < -0.39 is 0 Å². The summed E-state index contributed by atoms with van der Waals surface area (Å²) in [4.78, 5) is 11.1. The average Bonchev–Trinajstić information content (AvgIpc) is 2.63. The molecule has 0 fully saturated rings. The van der Waals surface area contributed by atoms with E-state index >= 15 is 0 Å². The van der Waals surface area contributed by atoms with Gasteiger partial charge in [0.15, 0.2) is 0 Å². The number of ether oxygens (including phenoxy) is 1. The molecule has 1 rings (SSSR count). The number of methoxy groups -OCH3 is 1. The molecular weight excluding hydrogens is 210 g/mol. The highest BCUT2D eigenvalue weighted by Crippen LogP contribution is 2.13. The summed E-state index contributed by atoms with van der Waals surface area (Å²) in [5.74, 6) is -0.251. The minimum atomic E-state index is -0.162. The first-order valence-electron chi connectivity index (χ1n) is 4.95. The molecule has 1 atom stereocenters. The molecule has 1 heterocycles. The molecule has 1 aromatic rings. The second-order valence-electron chi connectivity index (χ2n) is 3.64. The lowest BCUT2D eigenvalue weighted by Crippen LogP contribution is -2.27. The average molecular weight is 227 g/mol. The summed E-state index contributed by atoms with van der Waals surface area (Å²) in [6.45, 7) is 5.43. The number of rotatable bonds is 5. The van der Waals surface area contributed by atoms with Gasteiger partial charge in [0, 0.05) is 13.1 Å². The molecule has 0 saturated carbocycles. The Morgan fingerprint density at radius 2 is 2.33 bits per heavy atom. The minimum absolute atomic E-state index is 0.0889. The summed E-state index contributed by atoms with van der Waals surface area (Å²) in [6, 6.07) is 0. The third kappa shape index (κ3) is 3.64. The molecule has 0 radical (unpaired) electrons. The molecule has 1 aromatic heterocycles. The van der Waals surface area contributed by atoms with Crippen LogP contribution in [-0.4, -0.2) is 19.6 Å². The number of hydrogen-bond donors (Lipinski definition) is 1. The van der Waals surface area contributed by atoms with E-state index in [4.69, 9.17) is 0 Å². The van der Waals surface area contributed by atoms with E-state index in [-0.39, 0.29) is 11.9 Å².